The van der Waals surface area contributed by atoms with E-state index in [9.17, 15) is 9.90 Å². The van der Waals surface area contributed by atoms with Crippen LogP contribution in [0, 0.1) is 0 Å². The Morgan fingerprint density at radius 1 is 1.17 bits per heavy atom. The van der Waals surface area contributed by atoms with Crippen molar-refractivity contribution in [2.24, 2.45) is 0 Å². The van der Waals surface area contributed by atoms with Gasteiger partial charge in [0.15, 0.2) is 0 Å². The molecular weight excluding hydrogens is 368 g/mol. The van der Waals surface area contributed by atoms with Gasteiger partial charge in [0.1, 0.15) is 12.4 Å². The Morgan fingerprint density at radius 3 is 2.79 bits per heavy atom. The fraction of sp³-hybridized carbons (Fsp3) is 0.545. The molecule has 0 aliphatic carbocycles. The predicted octanol–water partition coefficient (Wildman–Crippen LogP) is 2.20. The molecule has 0 spiro atoms. The lowest BCUT2D eigenvalue weighted by Gasteiger charge is -2.21. The number of rotatable bonds is 6. The largest absolute Gasteiger partial charge is 0.492 e. The second-order valence-corrected chi connectivity index (χ2v) is 7.94. The first kappa shape index (κ1) is 19.9. The number of carbonyl (C=O) groups is 1. The maximum atomic E-state index is 13.0. The van der Waals surface area contributed by atoms with Gasteiger partial charge in [-0.25, -0.2) is 4.98 Å². The Hall–Kier alpha value is -2.38. The number of aliphatic hydroxyl groups excluding tert-OH is 1. The number of nitrogens with zero attached hydrogens (tertiary/aromatic N) is 4. The summed E-state index contributed by atoms with van der Waals surface area (Å²) >= 11 is 0. The van der Waals surface area contributed by atoms with E-state index in [0.29, 0.717) is 38.1 Å². The van der Waals surface area contributed by atoms with Crippen LogP contribution in [0.15, 0.2) is 43.0 Å². The Kier molecular flexibility index (Phi) is 6.46. The lowest BCUT2D eigenvalue weighted by atomic mass is 10.1. The zero-order valence-corrected chi connectivity index (χ0v) is 16.8. The minimum Gasteiger partial charge on any atom is -0.492 e. The summed E-state index contributed by atoms with van der Waals surface area (Å²) < 4.78 is 7.83. The van der Waals surface area contributed by atoms with E-state index in [0.717, 1.165) is 25.4 Å². The Labute approximate surface area is 171 Å². The van der Waals surface area contributed by atoms with Crippen LogP contribution in [0.1, 0.15) is 42.1 Å². The van der Waals surface area contributed by atoms with Crippen LogP contribution in [0.25, 0.3) is 0 Å². The summed E-state index contributed by atoms with van der Waals surface area (Å²) in [6, 6.07) is 7.41. The minimum atomic E-state index is -0.484. The smallest absolute Gasteiger partial charge is 0.253 e. The van der Waals surface area contributed by atoms with Gasteiger partial charge in [0.25, 0.3) is 5.91 Å². The van der Waals surface area contributed by atoms with E-state index in [1.165, 1.54) is 12.8 Å². The summed E-state index contributed by atoms with van der Waals surface area (Å²) in [6.07, 6.45) is 8.64. The van der Waals surface area contributed by atoms with E-state index in [4.69, 9.17) is 4.74 Å². The van der Waals surface area contributed by atoms with E-state index in [1.807, 2.05) is 39.9 Å². The SMILES string of the molecule is O=C(c1cccc(OCCN2CCCC2)c1)N1CC[C@H](O)[C@@H](n2ccnc2)CC1. The first-order valence-electron chi connectivity index (χ1n) is 10.6. The van der Waals surface area contributed by atoms with Gasteiger partial charge >= 0.3 is 0 Å². The summed E-state index contributed by atoms with van der Waals surface area (Å²) in [5.41, 5.74) is 0.638. The number of hydrogen-bond acceptors (Lipinski definition) is 5. The van der Waals surface area contributed by atoms with Crippen LogP contribution in [0.4, 0.5) is 0 Å². The second-order valence-electron chi connectivity index (χ2n) is 7.94. The van der Waals surface area contributed by atoms with E-state index in [-0.39, 0.29) is 11.9 Å². The molecule has 29 heavy (non-hydrogen) atoms. The molecule has 2 fully saturated rings. The van der Waals surface area contributed by atoms with Crippen LogP contribution < -0.4 is 4.74 Å². The number of hydrogen-bond donors (Lipinski definition) is 1. The lowest BCUT2D eigenvalue weighted by Crippen LogP contribution is -2.32. The Bertz CT molecular complexity index is 789. The van der Waals surface area contributed by atoms with E-state index < -0.39 is 6.10 Å². The molecule has 2 aromatic rings. The molecule has 1 aromatic carbocycles. The molecule has 2 aliphatic rings. The maximum Gasteiger partial charge on any atom is 0.253 e. The molecule has 0 unspecified atom stereocenters. The van der Waals surface area contributed by atoms with Gasteiger partial charge in [0.05, 0.1) is 18.5 Å². The summed E-state index contributed by atoms with van der Waals surface area (Å²) in [5.74, 6) is 0.731. The van der Waals surface area contributed by atoms with Crippen molar-refractivity contribution >= 4 is 5.91 Å². The average molecular weight is 399 g/mol. The average Bonchev–Trinajstić information content (AvgIpc) is 3.42. The number of ether oxygens (including phenoxy) is 1. The molecule has 0 radical (unpaired) electrons. The van der Waals surface area contributed by atoms with Gasteiger partial charge in [-0.3, -0.25) is 9.69 Å². The van der Waals surface area contributed by atoms with E-state index in [1.54, 1.807) is 12.5 Å². The molecule has 0 saturated carbocycles. The monoisotopic (exact) mass is 398 g/mol. The molecule has 2 aliphatic heterocycles. The molecule has 1 aromatic heterocycles. The van der Waals surface area contributed by atoms with Crippen molar-refractivity contribution < 1.29 is 14.6 Å². The fourth-order valence-corrected chi connectivity index (χ4v) is 4.29. The highest BCUT2D eigenvalue weighted by Crippen LogP contribution is 2.24. The fourth-order valence-electron chi connectivity index (χ4n) is 4.29. The van der Waals surface area contributed by atoms with Crippen LogP contribution in [0.5, 0.6) is 5.75 Å². The molecule has 156 valence electrons. The van der Waals surface area contributed by atoms with Crippen LogP contribution in [0.2, 0.25) is 0 Å². The van der Waals surface area contributed by atoms with Gasteiger partial charge in [-0.1, -0.05) is 6.07 Å². The molecule has 4 rings (SSSR count). The number of likely N-dealkylation sites (tertiary alicyclic amines) is 2. The van der Waals surface area contributed by atoms with Gasteiger partial charge in [0.2, 0.25) is 0 Å². The van der Waals surface area contributed by atoms with Crippen molar-refractivity contribution in [3.63, 3.8) is 0 Å². The first-order valence-corrected chi connectivity index (χ1v) is 10.6. The Morgan fingerprint density at radius 2 is 2.00 bits per heavy atom. The summed E-state index contributed by atoms with van der Waals surface area (Å²) in [5, 5.41) is 10.5. The van der Waals surface area contributed by atoms with Crippen LogP contribution in [-0.4, -0.2) is 75.8 Å². The van der Waals surface area contributed by atoms with Crippen LogP contribution in [-0.2, 0) is 0 Å². The summed E-state index contributed by atoms with van der Waals surface area (Å²) in [6.45, 7) is 5.04. The molecule has 0 bridgehead atoms. The molecule has 7 nitrogen and oxygen atoms in total. The van der Waals surface area contributed by atoms with Gasteiger partial charge < -0.3 is 19.3 Å². The zero-order chi connectivity index (χ0) is 20.1. The van der Waals surface area contributed by atoms with E-state index >= 15 is 0 Å². The lowest BCUT2D eigenvalue weighted by molar-refractivity contribution is 0.0751. The number of aliphatic hydroxyl groups is 1. The minimum absolute atomic E-state index is 0.00604. The van der Waals surface area contributed by atoms with Crippen molar-refractivity contribution in [2.45, 2.75) is 37.8 Å². The van der Waals surface area contributed by atoms with Gasteiger partial charge in [-0.2, -0.15) is 0 Å². The van der Waals surface area contributed by atoms with Crippen molar-refractivity contribution in [1.82, 2.24) is 19.4 Å². The highest BCUT2D eigenvalue weighted by atomic mass is 16.5. The van der Waals surface area contributed by atoms with Crippen molar-refractivity contribution in [1.29, 1.82) is 0 Å². The molecule has 2 atom stereocenters. The highest BCUT2D eigenvalue weighted by Gasteiger charge is 2.28. The quantitative estimate of drug-likeness (QED) is 0.808. The number of benzene rings is 1. The molecule has 7 heteroatoms. The van der Waals surface area contributed by atoms with Crippen molar-refractivity contribution in [3.05, 3.63) is 48.5 Å². The number of carbonyl (C=O) groups excluding carboxylic acids is 1. The summed E-state index contributed by atoms with van der Waals surface area (Å²) in [7, 11) is 0. The van der Waals surface area contributed by atoms with Crippen molar-refractivity contribution in [3.8, 4) is 5.75 Å². The van der Waals surface area contributed by atoms with Crippen LogP contribution >= 0.6 is 0 Å². The third-order valence-corrected chi connectivity index (χ3v) is 5.98. The molecule has 1 amide bonds. The zero-order valence-electron chi connectivity index (χ0n) is 16.8. The normalized spacial score (nSPS) is 23.1. The van der Waals surface area contributed by atoms with Crippen molar-refractivity contribution in [2.75, 3.05) is 39.3 Å². The third-order valence-electron chi connectivity index (χ3n) is 5.98. The van der Waals surface area contributed by atoms with Gasteiger partial charge in [-0.15, -0.1) is 0 Å². The maximum absolute atomic E-state index is 13.0. The number of amides is 1. The highest BCUT2D eigenvalue weighted by molar-refractivity contribution is 5.94. The number of imidazole rings is 1. The number of aromatic nitrogens is 2. The standard InChI is InChI=1S/C22H30N4O3/c27-21-7-12-25(11-6-20(21)26-13-8-23-17-26)22(28)18-4-3-5-19(16-18)29-15-14-24-9-1-2-10-24/h3-5,8,13,16-17,20-21,27H,1-2,6-7,9-12,14-15H2/t20-,21-/m0/s1. The topological polar surface area (TPSA) is 70.8 Å². The Balaban J connectivity index is 1.35. The second kappa shape index (κ2) is 9.41. The summed E-state index contributed by atoms with van der Waals surface area (Å²) in [4.78, 5) is 21.4. The first-order chi connectivity index (χ1) is 14.2. The third kappa shape index (κ3) is 4.97. The molecule has 3 heterocycles. The van der Waals surface area contributed by atoms with E-state index in [2.05, 4.69) is 9.88 Å². The predicted molar refractivity (Wildman–Crippen MR) is 110 cm³/mol. The molecular formula is C22H30N4O3. The van der Waals surface area contributed by atoms with Crippen LogP contribution in [0.3, 0.4) is 0 Å². The molecule has 2 saturated heterocycles. The molecule has 1 N–H and O–H groups in total. The van der Waals surface area contributed by atoms with Gasteiger partial charge in [-0.05, 0) is 57.0 Å². The van der Waals surface area contributed by atoms with Gasteiger partial charge in [0, 0.05) is 37.6 Å².